The van der Waals surface area contributed by atoms with Gasteiger partial charge in [0.1, 0.15) is 0 Å². The molecule has 0 radical (unpaired) electrons. The highest BCUT2D eigenvalue weighted by atomic mass is 16.5. The minimum Gasteiger partial charge on any atom is -0.452 e. The van der Waals surface area contributed by atoms with Gasteiger partial charge in [0.25, 0.3) is 5.91 Å². The summed E-state index contributed by atoms with van der Waals surface area (Å²) in [6, 6.07) is 12.6. The number of Topliss-reactive ketones (excluding diaryl/α,β-unsaturated/α-hetero) is 1. The van der Waals surface area contributed by atoms with Crippen molar-refractivity contribution in [3.63, 3.8) is 0 Å². The molecular formula is C26H24N2O6. The number of hydrogen-bond acceptors (Lipinski definition) is 6. The number of imide groups is 1. The molecule has 5 rings (SSSR count). The Hall–Kier alpha value is -3.81. The first-order chi connectivity index (χ1) is 16.3. The SMILES string of the molecule is CC(=O)c1cccc(NC(=O)COC(=O)c2cccc(N3C(=O)[C@@H]4[C@H]5CC[C@@H](C5)[C@@H]4C3=O)c2)c1. The second-order valence-electron chi connectivity index (χ2n) is 9.21. The third-order valence-corrected chi connectivity index (χ3v) is 7.15. The van der Waals surface area contributed by atoms with Gasteiger partial charge in [0, 0.05) is 11.3 Å². The summed E-state index contributed by atoms with van der Waals surface area (Å²) in [5.41, 5.74) is 1.37. The summed E-state index contributed by atoms with van der Waals surface area (Å²) in [6.07, 6.45) is 2.94. The highest BCUT2D eigenvalue weighted by Gasteiger charge is 2.61. The lowest BCUT2D eigenvalue weighted by molar-refractivity contribution is -0.123. The van der Waals surface area contributed by atoms with E-state index < -0.39 is 18.5 Å². The highest BCUT2D eigenvalue weighted by Crippen LogP contribution is 2.56. The fourth-order valence-corrected chi connectivity index (χ4v) is 5.66. The molecule has 2 saturated carbocycles. The molecule has 3 amide bonds. The molecule has 3 aliphatic rings. The molecule has 2 aromatic rings. The number of nitrogens with zero attached hydrogens (tertiary/aromatic N) is 1. The Bertz CT molecular complexity index is 1190. The molecule has 1 aliphatic heterocycles. The van der Waals surface area contributed by atoms with Gasteiger partial charge in [0.15, 0.2) is 12.4 Å². The van der Waals surface area contributed by atoms with Crippen LogP contribution in [0.2, 0.25) is 0 Å². The Morgan fingerprint density at radius 2 is 1.59 bits per heavy atom. The van der Waals surface area contributed by atoms with Gasteiger partial charge >= 0.3 is 5.97 Å². The van der Waals surface area contributed by atoms with Crippen LogP contribution in [0.1, 0.15) is 46.9 Å². The van der Waals surface area contributed by atoms with Crippen LogP contribution in [0, 0.1) is 23.7 Å². The minimum atomic E-state index is -0.742. The molecule has 0 spiro atoms. The molecule has 3 fully saturated rings. The molecule has 8 heteroatoms. The van der Waals surface area contributed by atoms with E-state index in [-0.39, 0.29) is 46.8 Å². The smallest absolute Gasteiger partial charge is 0.338 e. The third kappa shape index (κ3) is 3.79. The van der Waals surface area contributed by atoms with Gasteiger partial charge in [-0.15, -0.1) is 0 Å². The van der Waals surface area contributed by atoms with Gasteiger partial charge in [-0.3, -0.25) is 24.1 Å². The zero-order valence-electron chi connectivity index (χ0n) is 18.7. The van der Waals surface area contributed by atoms with Crippen LogP contribution in [0.3, 0.4) is 0 Å². The maximum absolute atomic E-state index is 13.0. The Balaban J connectivity index is 1.23. The number of carbonyl (C=O) groups is 5. The summed E-state index contributed by atoms with van der Waals surface area (Å²) in [6.45, 7) is 0.902. The van der Waals surface area contributed by atoms with E-state index in [2.05, 4.69) is 5.32 Å². The highest BCUT2D eigenvalue weighted by molar-refractivity contribution is 6.22. The first kappa shape index (κ1) is 22.0. The molecule has 2 aliphatic carbocycles. The number of ketones is 1. The quantitative estimate of drug-likeness (QED) is 0.403. The Labute approximate surface area is 196 Å². The summed E-state index contributed by atoms with van der Waals surface area (Å²) >= 11 is 0. The number of rotatable bonds is 6. The van der Waals surface area contributed by atoms with Crippen LogP contribution in [0.25, 0.3) is 0 Å². The molecule has 0 unspecified atom stereocenters. The molecule has 8 nitrogen and oxygen atoms in total. The first-order valence-electron chi connectivity index (χ1n) is 11.4. The van der Waals surface area contributed by atoms with Gasteiger partial charge in [-0.25, -0.2) is 4.79 Å². The van der Waals surface area contributed by atoms with Gasteiger partial charge in [-0.1, -0.05) is 18.2 Å². The monoisotopic (exact) mass is 460 g/mol. The first-order valence-corrected chi connectivity index (χ1v) is 11.4. The van der Waals surface area contributed by atoms with Crippen molar-refractivity contribution in [3.8, 4) is 0 Å². The number of nitrogens with one attached hydrogen (secondary N) is 1. The van der Waals surface area contributed by atoms with Crippen molar-refractivity contribution >= 4 is 40.8 Å². The second kappa shape index (κ2) is 8.52. The Kier molecular flexibility index (Phi) is 5.51. The second-order valence-corrected chi connectivity index (χ2v) is 9.21. The van der Waals surface area contributed by atoms with Crippen molar-refractivity contribution in [2.45, 2.75) is 26.2 Å². The zero-order valence-corrected chi connectivity index (χ0v) is 18.7. The molecule has 174 valence electrons. The van der Waals surface area contributed by atoms with Crippen LogP contribution in [0.4, 0.5) is 11.4 Å². The van der Waals surface area contributed by atoms with Crippen molar-refractivity contribution in [2.24, 2.45) is 23.7 Å². The van der Waals surface area contributed by atoms with Crippen LogP contribution >= 0.6 is 0 Å². The van der Waals surface area contributed by atoms with Gasteiger partial charge in [0.05, 0.1) is 23.1 Å². The lowest BCUT2D eigenvalue weighted by Crippen LogP contribution is -2.32. The molecule has 1 saturated heterocycles. The molecule has 4 atom stereocenters. The molecule has 0 aromatic heterocycles. The Morgan fingerprint density at radius 1 is 0.941 bits per heavy atom. The van der Waals surface area contributed by atoms with Crippen LogP contribution in [-0.4, -0.2) is 36.1 Å². The molecule has 34 heavy (non-hydrogen) atoms. The molecule has 1 N–H and O–H groups in total. The number of fused-ring (bicyclic) bond motifs is 5. The van der Waals surface area contributed by atoms with Crippen LogP contribution < -0.4 is 10.2 Å². The summed E-state index contributed by atoms with van der Waals surface area (Å²) in [7, 11) is 0. The largest absolute Gasteiger partial charge is 0.452 e. The Morgan fingerprint density at radius 3 is 2.26 bits per heavy atom. The normalized spacial score (nSPS) is 24.8. The van der Waals surface area contributed by atoms with Crippen molar-refractivity contribution in [1.29, 1.82) is 0 Å². The third-order valence-electron chi connectivity index (χ3n) is 7.15. The summed E-state index contributed by atoms with van der Waals surface area (Å²) in [5.74, 6) is -1.72. The van der Waals surface area contributed by atoms with Gasteiger partial charge in [-0.2, -0.15) is 0 Å². The van der Waals surface area contributed by atoms with Gasteiger partial charge < -0.3 is 10.1 Å². The zero-order chi connectivity index (χ0) is 24.0. The molecule has 2 bridgehead atoms. The average molecular weight is 460 g/mol. The fourth-order valence-electron chi connectivity index (χ4n) is 5.66. The number of benzene rings is 2. The molecule has 1 heterocycles. The maximum atomic E-state index is 13.0. The van der Waals surface area contributed by atoms with Crippen molar-refractivity contribution in [1.82, 2.24) is 0 Å². The van der Waals surface area contributed by atoms with Crippen LogP contribution in [0.5, 0.6) is 0 Å². The van der Waals surface area contributed by atoms with Crippen molar-refractivity contribution < 1.29 is 28.7 Å². The lowest BCUT2D eigenvalue weighted by Gasteiger charge is -2.19. The maximum Gasteiger partial charge on any atom is 0.338 e. The fraction of sp³-hybridized carbons (Fsp3) is 0.346. The van der Waals surface area contributed by atoms with E-state index in [0.717, 1.165) is 19.3 Å². The van der Waals surface area contributed by atoms with E-state index in [9.17, 15) is 24.0 Å². The standard InChI is InChI=1S/C26H24N2O6/c1-14(29)15-4-2-6-19(11-15)27-21(30)13-34-26(33)18-5-3-7-20(12-18)28-24(31)22-16-8-9-17(10-16)23(22)25(28)32/h2-7,11-12,16-17,22-23H,8-10,13H2,1H3,(H,27,30)/t16-,17-,22-,23+/m0/s1. The van der Waals surface area contributed by atoms with Gasteiger partial charge in [0.2, 0.25) is 11.8 Å². The van der Waals surface area contributed by atoms with Crippen molar-refractivity contribution in [3.05, 3.63) is 59.7 Å². The molecule has 2 aromatic carbocycles. The van der Waals surface area contributed by atoms with E-state index in [1.165, 1.54) is 30.0 Å². The number of amides is 3. The van der Waals surface area contributed by atoms with E-state index in [1.807, 2.05) is 0 Å². The summed E-state index contributed by atoms with van der Waals surface area (Å²) in [4.78, 5) is 63.5. The number of anilines is 2. The number of ether oxygens (including phenoxy) is 1. The lowest BCUT2D eigenvalue weighted by atomic mass is 9.81. The van der Waals surface area contributed by atoms with E-state index in [0.29, 0.717) is 16.9 Å². The van der Waals surface area contributed by atoms with E-state index in [1.54, 1.807) is 30.3 Å². The van der Waals surface area contributed by atoms with E-state index in [4.69, 9.17) is 4.74 Å². The van der Waals surface area contributed by atoms with Gasteiger partial charge in [-0.05, 0) is 68.4 Å². The molecular weight excluding hydrogens is 436 g/mol. The van der Waals surface area contributed by atoms with Crippen LogP contribution in [0.15, 0.2) is 48.5 Å². The predicted octanol–water partition coefficient (Wildman–Crippen LogP) is 3.22. The number of hydrogen-bond donors (Lipinski definition) is 1. The average Bonchev–Trinajstić information content (AvgIpc) is 3.51. The minimum absolute atomic E-state index is 0.131. The summed E-state index contributed by atoms with van der Waals surface area (Å²) in [5, 5.41) is 2.58. The van der Waals surface area contributed by atoms with Crippen molar-refractivity contribution in [2.75, 3.05) is 16.8 Å². The number of carbonyl (C=O) groups excluding carboxylic acids is 5. The summed E-state index contributed by atoms with van der Waals surface area (Å²) < 4.78 is 5.12. The number of esters is 1. The van der Waals surface area contributed by atoms with Crippen LogP contribution in [-0.2, 0) is 19.1 Å². The predicted molar refractivity (Wildman–Crippen MR) is 122 cm³/mol. The topological polar surface area (TPSA) is 110 Å². The van der Waals surface area contributed by atoms with E-state index >= 15 is 0 Å².